The first-order chi connectivity index (χ1) is 22.3. The SMILES string of the molecule is CCCN(CCC)C(=O)C1CC(C(=O)NC(CC2CCC(O)CC2)C(O)CN(C)NC(=O)C2CCCCC2)CC(S(=O)(=O)N(C)C)C1. The molecule has 0 aromatic heterocycles. The quantitative estimate of drug-likeness (QED) is 0.181. The van der Waals surface area contributed by atoms with Crippen LogP contribution in [0.3, 0.4) is 0 Å². The molecule has 3 fully saturated rings. The maximum atomic E-state index is 14.0. The molecule has 5 atom stereocenters. The molecule has 3 rings (SSSR count). The molecule has 0 bridgehead atoms. The van der Waals surface area contributed by atoms with Crippen molar-refractivity contribution in [2.75, 3.05) is 40.8 Å². The highest BCUT2D eigenvalue weighted by molar-refractivity contribution is 7.89. The van der Waals surface area contributed by atoms with Gasteiger partial charge in [-0.25, -0.2) is 17.7 Å². The van der Waals surface area contributed by atoms with Crippen molar-refractivity contribution >= 4 is 27.7 Å². The van der Waals surface area contributed by atoms with Crippen LogP contribution in [0.5, 0.6) is 0 Å². The van der Waals surface area contributed by atoms with Crippen LogP contribution < -0.4 is 10.7 Å². The Kier molecular flexibility index (Phi) is 15.9. The molecule has 3 aliphatic rings. The fourth-order valence-electron chi connectivity index (χ4n) is 7.80. The third-order valence-electron chi connectivity index (χ3n) is 10.5. The third-order valence-corrected chi connectivity index (χ3v) is 12.8. The van der Waals surface area contributed by atoms with Crippen molar-refractivity contribution in [1.29, 1.82) is 0 Å². The van der Waals surface area contributed by atoms with Crippen LogP contribution in [0.1, 0.15) is 110 Å². The minimum absolute atomic E-state index is 0.0357. The van der Waals surface area contributed by atoms with Crippen molar-refractivity contribution in [3.05, 3.63) is 0 Å². The summed E-state index contributed by atoms with van der Waals surface area (Å²) in [7, 11) is 0.943. The number of hydrogen-bond acceptors (Lipinski definition) is 8. The predicted octanol–water partition coefficient (Wildman–Crippen LogP) is 2.64. The van der Waals surface area contributed by atoms with Gasteiger partial charge >= 0.3 is 0 Å². The molecule has 0 saturated heterocycles. The Hall–Kier alpha value is -1.80. The first-order valence-electron chi connectivity index (χ1n) is 18.1. The average Bonchev–Trinajstić information content (AvgIpc) is 3.04. The molecule has 3 amide bonds. The van der Waals surface area contributed by atoms with E-state index in [1.807, 2.05) is 13.8 Å². The van der Waals surface area contributed by atoms with Crippen molar-refractivity contribution in [3.63, 3.8) is 0 Å². The Balaban J connectivity index is 1.78. The van der Waals surface area contributed by atoms with Crippen molar-refractivity contribution in [2.45, 2.75) is 134 Å². The van der Waals surface area contributed by atoms with Crippen LogP contribution >= 0.6 is 0 Å². The summed E-state index contributed by atoms with van der Waals surface area (Å²) < 4.78 is 27.9. The largest absolute Gasteiger partial charge is 0.393 e. The van der Waals surface area contributed by atoms with E-state index >= 15 is 0 Å². The van der Waals surface area contributed by atoms with Gasteiger partial charge in [0.05, 0.1) is 23.5 Å². The molecule has 47 heavy (non-hydrogen) atoms. The molecule has 0 aromatic rings. The van der Waals surface area contributed by atoms with Crippen LogP contribution in [0.4, 0.5) is 0 Å². The number of sulfonamides is 1. The zero-order valence-electron chi connectivity index (χ0n) is 29.5. The summed E-state index contributed by atoms with van der Waals surface area (Å²) >= 11 is 0. The highest BCUT2D eigenvalue weighted by atomic mass is 32.2. The molecular formula is C34H63N5O7S. The molecule has 12 nitrogen and oxygen atoms in total. The first kappa shape index (κ1) is 39.6. The smallest absolute Gasteiger partial charge is 0.237 e. The van der Waals surface area contributed by atoms with E-state index in [-0.39, 0.29) is 61.5 Å². The van der Waals surface area contributed by atoms with E-state index in [4.69, 9.17) is 0 Å². The topological polar surface area (TPSA) is 160 Å². The highest BCUT2D eigenvalue weighted by Crippen LogP contribution is 2.36. The van der Waals surface area contributed by atoms with Crippen LogP contribution in [0, 0.1) is 23.7 Å². The van der Waals surface area contributed by atoms with E-state index in [2.05, 4.69) is 10.7 Å². The summed E-state index contributed by atoms with van der Waals surface area (Å²) in [4.78, 5) is 42.4. The van der Waals surface area contributed by atoms with Crippen LogP contribution in [0.15, 0.2) is 0 Å². The number of rotatable bonds is 16. The minimum Gasteiger partial charge on any atom is -0.393 e. The second-order valence-corrected chi connectivity index (χ2v) is 17.1. The summed E-state index contributed by atoms with van der Waals surface area (Å²) in [6.07, 6.45) is 9.10. The van der Waals surface area contributed by atoms with Gasteiger partial charge in [0, 0.05) is 58.5 Å². The van der Waals surface area contributed by atoms with Gasteiger partial charge in [-0.2, -0.15) is 0 Å². The van der Waals surface area contributed by atoms with Crippen molar-refractivity contribution < 1.29 is 33.0 Å². The Morgan fingerprint density at radius 3 is 1.98 bits per heavy atom. The van der Waals surface area contributed by atoms with Crippen LogP contribution in [0.2, 0.25) is 0 Å². The van der Waals surface area contributed by atoms with Gasteiger partial charge in [0.1, 0.15) is 0 Å². The molecule has 4 N–H and O–H groups in total. The summed E-state index contributed by atoms with van der Waals surface area (Å²) in [5, 5.41) is 25.4. The van der Waals surface area contributed by atoms with E-state index in [1.54, 1.807) is 17.0 Å². The van der Waals surface area contributed by atoms with Crippen molar-refractivity contribution in [3.8, 4) is 0 Å². The normalized spacial score (nSPS) is 27.3. The van der Waals surface area contributed by atoms with E-state index < -0.39 is 39.3 Å². The number of likely N-dealkylation sites (N-methyl/N-ethyl adjacent to an activating group) is 1. The average molecular weight is 686 g/mol. The number of carbonyl (C=O) groups is 3. The number of nitrogens with zero attached hydrogens (tertiary/aromatic N) is 3. The Labute approximate surface area is 283 Å². The molecule has 0 heterocycles. The fourth-order valence-corrected chi connectivity index (χ4v) is 9.35. The standard InChI is InChI=1S/C34H63N5O7S/c1-6-17-39(18-7-2)34(44)27-20-26(21-29(22-27)47(45,46)37(3)4)32(42)35-30(19-24-13-15-28(40)16-14-24)31(41)23-38(5)36-33(43)25-11-9-8-10-12-25/h24-31,40-41H,6-23H2,1-5H3,(H,35,42)(H,36,43). The lowest BCUT2D eigenvalue weighted by Gasteiger charge is -2.38. The molecule has 0 radical (unpaired) electrons. The number of aliphatic hydroxyl groups excluding tert-OH is 2. The van der Waals surface area contributed by atoms with Gasteiger partial charge < -0.3 is 20.4 Å². The molecule has 0 aromatic carbocycles. The summed E-state index contributed by atoms with van der Waals surface area (Å²) in [6.45, 7) is 5.28. The minimum atomic E-state index is -3.73. The highest BCUT2D eigenvalue weighted by Gasteiger charge is 2.44. The summed E-state index contributed by atoms with van der Waals surface area (Å²) in [6, 6.07) is -0.645. The molecule has 0 aliphatic heterocycles. The maximum Gasteiger partial charge on any atom is 0.237 e. The first-order valence-corrected chi connectivity index (χ1v) is 19.6. The number of hydrazine groups is 1. The lowest BCUT2D eigenvalue weighted by molar-refractivity contribution is -0.139. The zero-order chi connectivity index (χ0) is 34.7. The van der Waals surface area contributed by atoms with Gasteiger partial charge in [-0.3, -0.25) is 19.8 Å². The van der Waals surface area contributed by atoms with Crippen molar-refractivity contribution in [1.82, 2.24) is 25.0 Å². The Bertz CT molecular complexity index is 1100. The van der Waals surface area contributed by atoms with Gasteiger partial charge in [0.15, 0.2) is 0 Å². The third kappa shape index (κ3) is 11.6. The predicted molar refractivity (Wildman–Crippen MR) is 182 cm³/mol. The molecule has 3 aliphatic carbocycles. The number of hydrogen-bond donors (Lipinski definition) is 4. The Morgan fingerprint density at radius 1 is 0.809 bits per heavy atom. The maximum absolute atomic E-state index is 14.0. The number of nitrogens with one attached hydrogen (secondary N) is 2. The van der Waals surface area contributed by atoms with Gasteiger partial charge in [-0.15, -0.1) is 0 Å². The molecule has 0 spiro atoms. The molecule has 13 heteroatoms. The lowest BCUT2D eigenvalue weighted by atomic mass is 9.79. The van der Waals surface area contributed by atoms with E-state index in [9.17, 15) is 33.0 Å². The van der Waals surface area contributed by atoms with Crippen LogP contribution in [0.25, 0.3) is 0 Å². The molecule has 3 saturated carbocycles. The number of carbonyl (C=O) groups excluding carboxylic acids is 3. The van der Waals surface area contributed by atoms with Gasteiger partial charge in [0.25, 0.3) is 0 Å². The molecule has 5 unspecified atom stereocenters. The van der Waals surface area contributed by atoms with Gasteiger partial charge in [0.2, 0.25) is 27.7 Å². The van der Waals surface area contributed by atoms with E-state index in [1.165, 1.54) is 18.4 Å². The number of aliphatic hydroxyl groups is 2. The van der Waals surface area contributed by atoms with E-state index in [0.717, 1.165) is 57.8 Å². The fraction of sp³-hybridized carbons (Fsp3) is 0.912. The van der Waals surface area contributed by atoms with Gasteiger partial charge in [-0.05, 0) is 83.0 Å². The lowest BCUT2D eigenvalue weighted by Crippen LogP contribution is -2.54. The van der Waals surface area contributed by atoms with E-state index in [0.29, 0.717) is 32.4 Å². The summed E-state index contributed by atoms with van der Waals surface area (Å²) in [5.74, 6) is -1.65. The molecular weight excluding hydrogens is 622 g/mol. The zero-order valence-corrected chi connectivity index (χ0v) is 30.3. The van der Waals surface area contributed by atoms with Crippen LogP contribution in [-0.2, 0) is 24.4 Å². The van der Waals surface area contributed by atoms with Crippen molar-refractivity contribution in [2.24, 2.45) is 23.7 Å². The number of amides is 3. The van der Waals surface area contributed by atoms with Crippen LogP contribution in [-0.4, -0.2) is 115 Å². The Morgan fingerprint density at radius 2 is 1.40 bits per heavy atom. The monoisotopic (exact) mass is 685 g/mol. The second kappa shape index (κ2) is 18.8. The summed E-state index contributed by atoms with van der Waals surface area (Å²) in [5.41, 5.74) is 2.92. The van der Waals surface area contributed by atoms with Gasteiger partial charge in [-0.1, -0.05) is 33.1 Å². The molecule has 272 valence electrons. The second-order valence-electron chi connectivity index (χ2n) is 14.7.